The van der Waals surface area contributed by atoms with Crippen molar-refractivity contribution in [2.45, 2.75) is 32.0 Å². The molecule has 27 heavy (non-hydrogen) atoms. The van der Waals surface area contributed by atoms with Crippen LogP contribution in [0.4, 0.5) is 13.2 Å². The zero-order valence-electron chi connectivity index (χ0n) is 15.2. The molecule has 0 unspecified atom stereocenters. The molecule has 1 aromatic heterocycles. The Morgan fingerprint density at radius 2 is 1.93 bits per heavy atom. The number of aromatic nitrogens is 1. The fourth-order valence-corrected chi connectivity index (χ4v) is 3.75. The van der Waals surface area contributed by atoms with Crippen molar-refractivity contribution in [1.29, 1.82) is 0 Å². The molecule has 0 N–H and O–H groups in total. The number of nitrogens with zero attached hydrogens (tertiary/aromatic N) is 4. The van der Waals surface area contributed by atoms with E-state index >= 15 is 0 Å². The van der Waals surface area contributed by atoms with Crippen LogP contribution in [0, 0.1) is 6.92 Å². The van der Waals surface area contributed by atoms with Crippen molar-refractivity contribution in [1.82, 2.24) is 19.7 Å². The maximum absolute atomic E-state index is 12.7. The molecule has 9 heteroatoms. The Balaban J connectivity index is 1.59. The van der Waals surface area contributed by atoms with E-state index in [1.807, 2.05) is 4.90 Å². The third-order valence-corrected chi connectivity index (χ3v) is 5.15. The minimum absolute atomic E-state index is 0.103. The Labute approximate surface area is 155 Å². The van der Waals surface area contributed by atoms with E-state index in [-0.39, 0.29) is 12.5 Å². The highest BCUT2D eigenvalue weighted by Crippen LogP contribution is 2.24. The van der Waals surface area contributed by atoms with Gasteiger partial charge in [-0.3, -0.25) is 19.5 Å². The molecule has 1 atom stereocenters. The van der Waals surface area contributed by atoms with Crippen molar-refractivity contribution in [3.63, 3.8) is 0 Å². The number of hydrogen-bond acceptors (Lipinski definition) is 4. The first-order valence-electron chi connectivity index (χ1n) is 9.07. The number of amides is 2. The van der Waals surface area contributed by atoms with Gasteiger partial charge in [-0.15, -0.1) is 0 Å². The van der Waals surface area contributed by atoms with Gasteiger partial charge in [-0.1, -0.05) is 0 Å². The number of aryl methyl sites for hydroxylation is 1. The third-order valence-electron chi connectivity index (χ3n) is 5.15. The summed E-state index contributed by atoms with van der Waals surface area (Å²) < 4.78 is 38.0. The molecule has 3 rings (SSSR count). The molecule has 148 valence electrons. The van der Waals surface area contributed by atoms with E-state index in [9.17, 15) is 22.8 Å². The van der Waals surface area contributed by atoms with Crippen LogP contribution in [0.5, 0.6) is 0 Å². The molecule has 2 saturated heterocycles. The molecule has 3 heterocycles. The summed E-state index contributed by atoms with van der Waals surface area (Å²) in [5.74, 6) is -0.560. The number of pyridine rings is 1. The van der Waals surface area contributed by atoms with Gasteiger partial charge in [0.05, 0.1) is 11.6 Å². The summed E-state index contributed by atoms with van der Waals surface area (Å²) in [6.07, 6.45) is -1.64. The number of likely N-dealkylation sites (tertiary alicyclic amines) is 1. The largest absolute Gasteiger partial charge is 0.406 e. The van der Waals surface area contributed by atoms with Crippen molar-refractivity contribution in [2.24, 2.45) is 0 Å². The van der Waals surface area contributed by atoms with Gasteiger partial charge < -0.3 is 9.80 Å². The molecular formula is C18H23F3N4O2. The van der Waals surface area contributed by atoms with Gasteiger partial charge in [0, 0.05) is 44.6 Å². The first-order valence-corrected chi connectivity index (χ1v) is 9.07. The van der Waals surface area contributed by atoms with Gasteiger partial charge in [0.15, 0.2) is 0 Å². The Kier molecular flexibility index (Phi) is 5.69. The van der Waals surface area contributed by atoms with Crippen molar-refractivity contribution < 1.29 is 22.8 Å². The first-order chi connectivity index (χ1) is 12.8. The van der Waals surface area contributed by atoms with Crippen molar-refractivity contribution in [2.75, 3.05) is 39.3 Å². The van der Waals surface area contributed by atoms with Gasteiger partial charge in [-0.05, 0) is 31.9 Å². The number of piperidine rings is 1. The van der Waals surface area contributed by atoms with Crippen LogP contribution in [0.15, 0.2) is 18.3 Å². The highest BCUT2D eigenvalue weighted by atomic mass is 19.4. The van der Waals surface area contributed by atoms with E-state index < -0.39 is 24.7 Å². The van der Waals surface area contributed by atoms with E-state index in [0.29, 0.717) is 50.3 Å². The molecule has 6 nitrogen and oxygen atoms in total. The van der Waals surface area contributed by atoms with Gasteiger partial charge >= 0.3 is 6.18 Å². The van der Waals surface area contributed by atoms with Crippen LogP contribution in [0.25, 0.3) is 0 Å². The van der Waals surface area contributed by atoms with Crippen molar-refractivity contribution >= 4 is 11.8 Å². The fraction of sp³-hybridized carbons (Fsp3) is 0.611. The molecule has 2 aliphatic heterocycles. The summed E-state index contributed by atoms with van der Waals surface area (Å²) in [6, 6.07) is 2.92. The Morgan fingerprint density at radius 1 is 1.22 bits per heavy atom. The van der Waals surface area contributed by atoms with E-state index in [2.05, 4.69) is 4.98 Å². The maximum atomic E-state index is 12.7. The van der Waals surface area contributed by atoms with Crippen LogP contribution in [-0.4, -0.2) is 83.0 Å². The molecule has 0 spiro atoms. The number of alkyl halides is 3. The van der Waals surface area contributed by atoms with E-state index in [1.54, 1.807) is 30.2 Å². The van der Waals surface area contributed by atoms with Crippen LogP contribution >= 0.6 is 0 Å². The van der Waals surface area contributed by atoms with Crippen LogP contribution in [0.1, 0.15) is 28.9 Å². The lowest BCUT2D eigenvalue weighted by molar-refractivity contribution is -0.168. The Morgan fingerprint density at radius 3 is 2.56 bits per heavy atom. The molecule has 0 saturated carbocycles. The predicted octanol–water partition coefficient (Wildman–Crippen LogP) is 1.70. The topological polar surface area (TPSA) is 56.8 Å². The Bertz CT molecular complexity index is 702. The summed E-state index contributed by atoms with van der Waals surface area (Å²) in [6.45, 7) is 2.56. The maximum Gasteiger partial charge on any atom is 0.406 e. The summed E-state index contributed by atoms with van der Waals surface area (Å²) >= 11 is 0. The standard InChI is InChI=1S/C18H23F3N4O2/c1-13-14(4-2-6-22-13)16(26)24-10-8-23(9-11-24)15-5-3-7-25(17(15)27)12-18(19,20)21/h2,4,6,15H,3,5,7-12H2,1H3/t15-/m0/s1. The highest BCUT2D eigenvalue weighted by Gasteiger charge is 2.40. The van der Waals surface area contributed by atoms with Crippen LogP contribution in [-0.2, 0) is 4.79 Å². The molecule has 2 amide bonds. The van der Waals surface area contributed by atoms with E-state index in [0.717, 1.165) is 4.90 Å². The van der Waals surface area contributed by atoms with Gasteiger partial charge in [-0.2, -0.15) is 13.2 Å². The van der Waals surface area contributed by atoms with Gasteiger partial charge in [0.2, 0.25) is 5.91 Å². The molecule has 2 fully saturated rings. The number of halogens is 3. The molecular weight excluding hydrogens is 361 g/mol. The zero-order chi connectivity index (χ0) is 19.6. The summed E-state index contributed by atoms with van der Waals surface area (Å²) in [5.41, 5.74) is 1.21. The SMILES string of the molecule is Cc1ncccc1C(=O)N1CCN([C@H]2CCCN(CC(F)(F)F)C2=O)CC1. The fourth-order valence-electron chi connectivity index (χ4n) is 3.75. The second-order valence-corrected chi connectivity index (χ2v) is 7.00. The number of carbonyl (C=O) groups excluding carboxylic acids is 2. The molecule has 2 aliphatic rings. The Hall–Kier alpha value is -2.16. The van der Waals surface area contributed by atoms with Gasteiger partial charge in [0.25, 0.3) is 5.91 Å². The monoisotopic (exact) mass is 384 g/mol. The number of carbonyl (C=O) groups is 2. The molecule has 0 radical (unpaired) electrons. The molecule has 0 bridgehead atoms. The van der Waals surface area contributed by atoms with Crippen LogP contribution < -0.4 is 0 Å². The van der Waals surface area contributed by atoms with Crippen molar-refractivity contribution in [3.8, 4) is 0 Å². The van der Waals surface area contributed by atoms with Gasteiger partial charge in [-0.25, -0.2) is 0 Å². The summed E-state index contributed by atoms with van der Waals surface area (Å²) in [5, 5.41) is 0. The van der Waals surface area contributed by atoms with E-state index in [1.165, 1.54) is 0 Å². The smallest absolute Gasteiger partial charge is 0.336 e. The summed E-state index contributed by atoms with van der Waals surface area (Å²) in [7, 11) is 0. The van der Waals surface area contributed by atoms with E-state index in [4.69, 9.17) is 0 Å². The number of piperazine rings is 1. The quantitative estimate of drug-likeness (QED) is 0.796. The third kappa shape index (κ3) is 4.58. The molecule has 1 aromatic rings. The first kappa shape index (κ1) is 19.6. The zero-order valence-corrected chi connectivity index (χ0v) is 15.2. The lowest BCUT2D eigenvalue weighted by Crippen LogP contribution is -2.59. The number of rotatable bonds is 3. The second kappa shape index (κ2) is 7.84. The highest BCUT2D eigenvalue weighted by molar-refractivity contribution is 5.95. The minimum Gasteiger partial charge on any atom is -0.336 e. The van der Waals surface area contributed by atoms with Crippen LogP contribution in [0.3, 0.4) is 0 Å². The summed E-state index contributed by atoms with van der Waals surface area (Å²) in [4.78, 5) is 33.8. The van der Waals surface area contributed by atoms with Crippen LogP contribution in [0.2, 0.25) is 0 Å². The average Bonchev–Trinajstić information content (AvgIpc) is 2.62. The second-order valence-electron chi connectivity index (χ2n) is 7.00. The van der Waals surface area contributed by atoms with Crippen molar-refractivity contribution in [3.05, 3.63) is 29.6 Å². The lowest BCUT2D eigenvalue weighted by Gasteiger charge is -2.42. The molecule has 0 aliphatic carbocycles. The average molecular weight is 384 g/mol. The lowest BCUT2D eigenvalue weighted by atomic mass is 10.0. The van der Waals surface area contributed by atoms with Gasteiger partial charge in [0.1, 0.15) is 6.54 Å². The minimum atomic E-state index is -4.38. The normalized spacial score (nSPS) is 22.2. The number of hydrogen-bond donors (Lipinski definition) is 0. The predicted molar refractivity (Wildman–Crippen MR) is 92.1 cm³/mol. The molecule has 0 aromatic carbocycles.